The van der Waals surface area contributed by atoms with Gasteiger partial charge in [-0.05, 0) is 43.7 Å². The highest BCUT2D eigenvalue weighted by molar-refractivity contribution is 6.04. The van der Waals surface area contributed by atoms with E-state index in [-0.39, 0.29) is 17.8 Å². The predicted octanol–water partition coefficient (Wildman–Crippen LogP) is 5.26. The fraction of sp³-hybridized carbons (Fsp3) is 0.192. The molecule has 4 aromatic rings. The molecule has 0 saturated carbocycles. The van der Waals surface area contributed by atoms with E-state index in [1.807, 2.05) is 30.5 Å². The molecule has 2 heterocycles. The van der Waals surface area contributed by atoms with Crippen molar-refractivity contribution < 1.29 is 19.4 Å². The van der Waals surface area contributed by atoms with Gasteiger partial charge in [-0.25, -0.2) is 9.78 Å². The second-order valence-corrected chi connectivity index (χ2v) is 8.38. The van der Waals surface area contributed by atoms with Crippen molar-refractivity contribution in [2.24, 2.45) is 0 Å². The average Bonchev–Trinajstić information content (AvgIpc) is 3.21. The summed E-state index contributed by atoms with van der Waals surface area (Å²) in [5.74, 6) is -0.0799. The molecule has 2 aromatic carbocycles. The van der Waals surface area contributed by atoms with Crippen LogP contribution in [-0.4, -0.2) is 52.2 Å². The minimum absolute atomic E-state index is 0.177. The minimum atomic E-state index is -0.627. The van der Waals surface area contributed by atoms with Gasteiger partial charge >= 0.3 is 6.09 Å². The number of rotatable bonds is 5. The smallest absolute Gasteiger partial charge is 0.411 e. The van der Waals surface area contributed by atoms with Crippen LogP contribution in [0.25, 0.3) is 33.3 Å². The standard InChI is InChI=1S/C26H26N4O4/c1-15(2)34-26(33)29-22-10-9-16(11-20(22)25(32)30(3)4)17-12-19-21(14-28-24(19)27-13-17)18-7-5-6-8-23(18)31/h5-15,31H,1-4H3,(H,27,28)(H,29,33). The van der Waals surface area contributed by atoms with Gasteiger partial charge in [-0.3, -0.25) is 10.1 Å². The van der Waals surface area contributed by atoms with Crippen molar-refractivity contribution in [2.75, 3.05) is 19.4 Å². The van der Waals surface area contributed by atoms with E-state index in [1.54, 1.807) is 58.4 Å². The van der Waals surface area contributed by atoms with E-state index >= 15 is 0 Å². The Labute approximate surface area is 197 Å². The molecule has 0 fully saturated rings. The normalized spacial score (nSPS) is 11.0. The van der Waals surface area contributed by atoms with Gasteiger partial charge in [-0.2, -0.15) is 0 Å². The number of aromatic nitrogens is 2. The summed E-state index contributed by atoms with van der Waals surface area (Å²) in [4.78, 5) is 34.1. The molecule has 2 aromatic heterocycles. The third-order valence-corrected chi connectivity index (χ3v) is 5.29. The lowest BCUT2D eigenvalue weighted by molar-refractivity contribution is 0.0828. The van der Waals surface area contributed by atoms with Crippen LogP contribution >= 0.6 is 0 Å². The van der Waals surface area contributed by atoms with Gasteiger partial charge in [0.1, 0.15) is 11.4 Å². The van der Waals surface area contributed by atoms with Crippen LogP contribution in [0.4, 0.5) is 10.5 Å². The number of aromatic hydroxyl groups is 1. The van der Waals surface area contributed by atoms with E-state index in [0.29, 0.717) is 22.5 Å². The number of carbonyl (C=O) groups excluding carboxylic acids is 2. The molecule has 0 spiro atoms. The molecule has 0 aliphatic carbocycles. The van der Waals surface area contributed by atoms with E-state index in [1.165, 1.54) is 4.90 Å². The summed E-state index contributed by atoms with van der Waals surface area (Å²) in [7, 11) is 3.30. The van der Waals surface area contributed by atoms with Crippen molar-refractivity contribution >= 4 is 28.7 Å². The van der Waals surface area contributed by atoms with E-state index in [0.717, 1.165) is 22.1 Å². The zero-order valence-electron chi connectivity index (χ0n) is 19.4. The largest absolute Gasteiger partial charge is 0.507 e. The molecular formula is C26H26N4O4. The number of phenolic OH excluding ortho intramolecular Hbond substituents is 1. The van der Waals surface area contributed by atoms with Crippen LogP contribution < -0.4 is 5.32 Å². The Bertz CT molecular complexity index is 1370. The highest BCUT2D eigenvalue weighted by Gasteiger charge is 2.18. The molecule has 0 aliphatic heterocycles. The number of anilines is 1. The number of carbonyl (C=O) groups is 2. The fourth-order valence-corrected chi connectivity index (χ4v) is 3.69. The lowest BCUT2D eigenvalue weighted by Gasteiger charge is -2.17. The van der Waals surface area contributed by atoms with Gasteiger partial charge in [-0.15, -0.1) is 0 Å². The molecule has 0 aliphatic rings. The highest BCUT2D eigenvalue weighted by Crippen LogP contribution is 2.36. The number of hydrogen-bond acceptors (Lipinski definition) is 5. The summed E-state index contributed by atoms with van der Waals surface area (Å²) in [6.45, 7) is 3.50. The van der Waals surface area contributed by atoms with Crippen LogP contribution in [0.15, 0.2) is 60.9 Å². The molecule has 3 N–H and O–H groups in total. The first-order chi connectivity index (χ1) is 16.2. The summed E-state index contributed by atoms with van der Waals surface area (Å²) in [5.41, 5.74) is 4.43. The molecule has 0 bridgehead atoms. The number of hydrogen-bond donors (Lipinski definition) is 3. The van der Waals surface area contributed by atoms with Gasteiger partial charge in [0, 0.05) is 48.6 Å². The Morgan fingerprint density at radius 3 is 2.53 bits per heavy atom. The third kappa shape index (κ3) is 4.56. The second-order valence-electron chi connectivity index (χ2n) is 8.38. The van der Waals surface area contributed by atoms with Gasteiger partial charge in [0.25, 0.3) is 5.91 Å². The number of fused-ring (bicyclic) bond motifs is 1. The molecule has 174 valence electrons. The number of para-hydroxylation sites is 1. The summed E-state index contributed by atoms with van der Waals surface area (Å²) in [6, 6.07) is 14.3. The van der Waals surface area contributed by atoms with Gasteiger partial charge in [0.05, 0.1) is 17.4 Å². The number of benzene rings is 2. The molecule has 4 rings (SSSR count). The first-order valence-electron chi connectivity index (χ1n) is 10.8. The minimum Gasteiger partial charge on any atom is -0.507 e. The van der Waals surface area contributed by atoms with Gasteiger partial charge in [0.2, 0.25) is 0 Å². The monoisotopic (exact) mass is 458 g/mol. The number of pyridine rings is 1. The van der Waals surface area contributed by atoms with Crippen LogP contribution in [0.2, 0.25) is 0 Å². The number of nitrogens with zero attached hydrogens (tertiary/aromatic N) is 2. The van der Waals surface area contributed by atoms with Crippen molar-refractivity contribution in [3.8, 4) is 28.0 Å². The Kier molecular flexibility index (Phi) is 6.23. The number of H-pyrrole nitrogens is 1. The Hall–Kier alpha value is -4.33. The predicted molar refractivity (Wildman–Crippen MR) is 132 cm³/mol. The number of ether oxygens (including phenoxy) is 1. The maximum absolute atomic E-state index is 12.9. The van der Waals surface area contributed by atoms with Crippen LogP contribution in [0.3, 0.4) is 0 Å². The van der Waals surface area contributed by atoms with Crippen molar-refractivity contribution in [3.63, 3.8) is 0 Å². The molecule has 34 heavy (non-hydrogen) atoms. The SMILES string of the molecule is CC(C)OC(=O)Nc1ccc(-c2cnc3[nH]cc(-c4ccccc4O)c3c2)cc1C(=O)N(C)C. The van der Waals surface area contributed by atoms with Crippen molar-refractivity contribution in [3.05, 3.63) is 66.5 Å². The number of phenols is 1. The first kappa shape index (κ1) is 22.8. The topological polar surface area (TPSA) is 108 Å². The van der Waals surface area contributed by atoms with Crippen molar-refractivity contribution in [2.45, 2.75) is 20.0 Å². The van der Waals surface area contributed by atoms with Crippen LogP contribution in [0.5, 0.6) is 5.75 Å². The van der Waals surface area contributed by atoms with Crippen molar-refractivity contribution in [1.82, 2.24) is 14.9 Å². The summed E-state index contributed by atoms with van der Waals surface area (Å²) >= 11 is 0. The van der Waals surface area contributed by atoms with Crippen molar-refractivity contribution in [1.29, 1.82) is 0 Å². The van der Waals surface area contributed by atoms with Crippen LogP contribution in [0.1, 0.15) is 24.2 Å². The molecule has 0 saturated heterocycles. The average molecular weight is 459 g/mol. The molecule has 8 heteroatoms. The molecule has 0 unspecified atom stereocenters. The maximum atomic E-state index is 12.9. The summed E-state index contributed by atoms with van der Waals surface area (Å²) in [5, 5.41) is 13.8. The Balaban J connectivity index is 1.78. The molecule has 0 atom stereocenters. The third-order valence-electron chi connectivity index (χ3n) is 5.29. The zero-order valence-corrected chi connectivity index (χ0v) is 19.4. The molecule has 8 nitrogen and oxygen atoms in total. The number of nitrogens with one attached hydrogen (secondary N) is 2. The lowest BCUT2D eigenvalue weighted by atomic mass is 9.99. The highest BCUT2D eigenvalue weighted by atomic mass is 16.6. The molecular weight excluding hydrogens is 432 g/mol. The molecule has 0 radical (unpaired) electrons. The second kappa shape index (κ2) is 9.27. The maximum Gasteiger partial charge on any atom is 0.411 e. The van der Waals surface area contributed by atoms with Gasteiger partial charge in [0.15, 0.2) is 0 Å². The zero-order chi connectivity index (χ0) is 24.4. The first-order valence-corrected chi connectivity index (χ1v) is 10.8. The summed E-state index contributed by atoms with van der Waals surface area (Å²) < 4.78 is 5.16. The van der Waals surface area contributed by atoms with Crippen LogP contribution in [-0.2, 0) is 4.74 Å². The number of amides is 2. The van der Waals surface area contributed by atoms with E-state index in [2.05, 4.69) is 15.3 Å². The van der Waals surface area contributed by atoms with E-state index < -0.39 is 6.09 Å². The van der Waals surface area contributed by atoms with E-state index in [4.69, 9.17) is 4.74 Å². The van der Waals surface area contributed by atoms with E-state index in [9.17, 15) is 14.7 Å². The molecule has 2 amide bonds. The Morgan fingerprint density at radius 1 is 1.06 bits per heavy atom. The fourth-order valence-electron chi connectivity index (χ4n) is 3.69. The van der Waals surface area contributed by atoms with Crippen LogP contribution in [0, 0.1) is 0 Å². The summed E-state index contributed by atoms with van der Waals surface area (Å²) in [6.07, 6.45) is 2.61. The van der Waals surface area contributed by atoms with Gasteiger partial charge in [-0.1, -0.05) is 24.3 Å². The Morgan fingerprint density at radius 2 is 1.82 bits per heavy atom. The quantitative estimate of drug-likeness (QED) is 0.378. The number of aromatic amines is 1. The van der Waals surface area contributed by atoms with Gasteiger partial charge < -0.3 is 19.7 Å². The lowest BCUT2D eigenvalue weighted by Crippen LogP contribution is -2.25.